The first-order chi connectivity index (χ1) is 10.7. The minimum atomic E-state index is 0.193. The summed E-state index contributed by atoms with van der Waals surface area (Å²) < 4.78 is 2.15. The number of likely N-dealkylation sites (tertiary alicyclic amines) is 1. The van der Waals surface area contributed by atoms with Crippen molar-refractivity contribution < 1.29 is 4.79 Å². The quantitative estimate of drug-likeness (QED) is 0.806. The maximum absolute atomic E-state index is 12.4. The van der Waals surface area contributed by atoms with Crippen molar-refractivity contribution in [2.75, 3.05) is 13.1 Å². The van der Waals surface area contributed by atoms with Crippen molar-refractivity contribution in [1.82, 2.24) is 19.4 Å². The minimum absolute atomic E-state index is 0.193. The Balaban J connectivity index is 1.43. The largest absolute Gasteiger partial charge is 0.361 e. The van der Waals surface area contributed by atoms with Gasteiger partial charge in [-0.1, -0.05) is 18.2 Å². The molecule has 1 fully saturated rings. The van der Waals surface area contributed by atoms with Crippen LogP contribution in [0.1, 0.15) is 17.4 Å². The molecular weight excluding hydrogens is 276 g/mol. The van der Waals surface area contributed by atoms with E-state index in [0.29, 0.717) is 12.5 Å². The number of imidazole rings is 1. The van der Waals surface area contributed by atoms with Gasteiger partial charge in [0.15, 0.2) is 0 Å². The smallest absolute Gasteiger partial charge is 0.227 e. The second-order valence-electron chi connectivity index (χ2n) is 5.87. The topological polar surface area (TPSA) is 53.9 Å². The van der Waals surface area contributed by atoms with Crippen molar-refractivity contribution >= 4 is 16.8 Å². The number of fused-ring (bicyclic) bond motifs is 1. The fraction of sp³-hybridized carbons (Fsp3) is 0.294. The molecular formula is C17H18N4O. The van der Waals surface area contributed by atoms with Crippen LogP contribution in [0.3, 0.4) is 0 Å². The van der Waals surface area contributed by atoms with Crippen LogP contribution in [0.4, 0.5) is 0 Å². The molecule has 0 spiro atoms. The van der Waals surface area contributed by atoms with E-state index < -0.39 is 0 Å². The summed E-state index contributed by atoms with van der Waals surface area (Å²) in [5.41, 5.74) is 2.16. The number of aromatic nitrogens is 3. The molecule has 1 N–H and O–H groups in total. The number of benzene rings is 1. The lowest BCUT2D eigenvalue weighted by Gasteiger charge is -2.40. The van der Waals surface area contributed by atoms with Crippen molar-refractivity contribution in [2.45, 2.75) is 19.4 Å². The molecule has 1 saturated heterocycles. The number of aryl methyl sites for hydroxylation is 1. The van der Waals surface area contributed by atoms with E-state index in [4.69, 9.17) is 0 Å². The van der Waals surface area contributed by atoms with E-state index in [1.54, 1.807) is 0 Å². The van der Waals surface area contributed by atoms with E-state index in [1.165, 1.54) is 0 Å². The monoisotopic (exact) mass is 294 g/mol. The van der Waals surface area contributed by atoms with Gasteiger partial charge in [-0.15, -0.1) is 0 Å². The molecule has 5 heteroatoms. The highest BCUT2D eigenvalue weighted by Crippen LogP contribution is 2.24. The minimum Gasteiger partial charge on any atom is -0.361 e. The zero-order valence-corrected chi connectivity index (χ0v) is 12.5. The van der Waals surface area contributed by atoms with Gasteiger partial charge in [-0.3, -0.25) is 4.79 Å². The number of aromatic amines is 1. The molecule has 0 aliphatic carbocycles. The first kappa shape index (κ1) is 13.1. The molecule has 1 aliphatic heterocycles. The number of nitrogens with zero attached hydrogens (tertiary/aromatic N) is 3. The van der Waals surface area contributed by atoms with Gasteiger partial charge in [0.05, 0.1) is 12.5 Å². The zero-order valence-electron chi connectivity index (χ0n) is 12.5. The Hall–Kier alpha value is -2.56. The van der Waals surface area contributed by atoms with Gasteiger partial charge in [0.1, 0.15) is 5.82 Å². The summed E-state index contributed by atoms with van der Waals surface area (Å²) in [7, 11) is 0. The van der Waals surface area contributed by atoms with E-state index >= 15 is 0 Å². The third-order valence-electron chi connectivity index (χ3n) is 4.49. The van der Waals surface area contributed by atoms with E-state index in [1.807, 2.05) is 48.6 Å². The Bertz CT molecular complexity index is 826. The number of H-pyrrole nitrogens is 1. The third kappa shape index (κ3) is 2.09. The maximum Gasteiger partial charge on any atom is 0.227 e. The van der Waals surface area contributed by atoms with Crippen molar-refractivity contribution in [3.8, 4) is 0 Å². The average Bonchev–Trinajstić information content (AvgIpc) is 3.05. The lowest BCUT2D eigenvalue weighted by atomic mass is 10.1. The van der Waals surface area contributed by atoms with E-state index in [0.717, 1.165) is 35.4 Å². The number of hydrogen-bond donors (Lipinski definition) is 1. The Morgan fingerprint density at radius 3 is 2.95 bits per heavy atom. The lowest BCUT2D eigenvalue weighted by Crippen LogP contribution is -2.51. The normalized spacial score (nSPS) is 15.2. The standard InChI is InChI=1S/C17H18N4O/c1-12-18-6-7-21(12)14-10-20(11-14)17(22)8-13-9-19-16-5-3-2-4-15(13)16/h2-7,9,14,19H,8,10-11H2,1H3. The van der Waals surface area contributed by atoms with Gasteiger partial charge in [0.2, 0.25) is 5.91 Å². The molecule has 4 rings (SSSR count). The van der Waals surface area contributed by atoms with Crippen LogP contribution in [0.25, 0.3) is 10.9 Å². The highest BCUT2D eigenvalue weighted by molar-refractivity contribution is 5.89. The van der Waals surface area contributed by atoms with Crippen LogP contribution in [0.15, 0.2) is 42.9 Å². The summed E-state index contributed by atoms with van der Waals surface area (Å²) in [6, 6.07) is 8.46. The molecule has 1 aliphatic rings. The third-order valence-corrected chi connectivity index (χ3v) is 4.49. The average molecular weight is 294 g/mol. The molecule has 0 atom stereocenters. The van der Waals surface area contributed by atoms with Crippen LogP contribution < -0.4 is 0 Å². The summed E-state index contributed by atoms with van der Waals surface area (Å²) >= 11 is 0. The van der Waals surface area contributed by atoms with E-state index in [9.17, 15) is 4.79 Å². The van der Waals surface area contributed by atoms with Gasteiger partial charge in [0, 0.05) is 42.6 Å². The van der Waals surface area contributed by atoms with Gasteiger partial charge >= 0.3 is 0 Å². The number of nitrogens with one attached hydrogen (secondary N) is 1. The van der Waals surface area contributed by atoms with Gasteiger partial charge < -0.3 is 14.5 Å². The van der Waals surface area contributed by atoms with Crippen molar-refractivity contribution in [2.24, 2.45) is 0 Å². The zero-order chi connectivity index (χ0) is 15.1. The Morgan fingerprint density at radius 1 is 1.36 bits per heavy atom. The number of amides is 1. The van der Waals surface area contributed by atoms with Gasteiger partial charge in [-0.2, -0.15) is 0 Å². The Labute approximate surface area is 128 Å². The second-order valence-corrected chi connectivity index (χ2v) is 5.87. The highest BCUT2D eigenvalue weighted by atomic mass is 16.2. The summed E-state index contributed by atoms with van der Waals surface area (Å²) in [5.74, 6) is 1.20. The van der Waals surface area contributed by atoms with Crippen molar-refractivity contribution in [3.63, 3.8) is 0 Å². The van der Waals surface area contributed by atoms with Crippen LogP contribution in [-0.2, 0) is 11.2 Å². The fourth-order valence-corrected chi connectivity index (χ4v) is 3.16. The van der Waals surface area contributed by atoms with Crippen LogP contribution >= 0.6 is 0 Å². The summed E-state index contributed by atoms with van der Waals surface area (Å²) in [6.45, 7) is 3.55. The molecule has 1 aromatic carbocycles. The fourth-order valence-electron chi connectivity index (χ4n) is 3.16. The van der Waals surface area contributed by atoms with Crippen molar-refractivity contribution in [3.05, 3.63) is 54.2 Å². The SMILES string of the molecule is Cc1nccn1C1CN(C(=O)Cc2c[nH]c3ccccc23)C1. The van der Waals surface area contributed by atoms with Gasteiger partial charge in [-0.05, 0) is 18.6 Å². The number of carbonyl (C=O) groups excluding carboxylic acids is 1. The summed E-state index contributed by atoms with van der Waals surface area (Å²) in [5, 5.41) is 1.14. The molecule has 1 amide bonds. The summed E-state index contributed by atoms with van der Waals surface area (Å²) in [6.07, 6.45) is 6.20. The van der Waals surface area contributed by atoms with Gasteiger partial charge in [-0.25, -0.2) is 4.98 Å². The molecule has 0 radical (unpaired) electrons. The maximum atomic E-state index is 12.4. The van der Waals surface area contributed by atoms with E-state index in [2.05, 4.69) is 20.6 Å². The predicted molar refractivity (Wildman–Crippen MR) is 84.6 cm³/mol. The molecule has 0 unspecified atom stereocenters. The number of carbonyl (C=O) groups is 1. The van der Waals surface area contributed by atoms with Crippen LogP contribution in [0, 0.1) is 6.92 Å². The lowest BCUT2D eigenvalue weighted by molar-refractivity contribution is -0.136. The molecule has 3 aromatic rings. The second kappa shape index (κ2) is 5.02. The van der Waals surface area contributed by atoms with E-state index in [-0.39, 0.29) is 5.91 Å². The molecule has 2 aromatic heterocycles. The predicted octanol–water partition coefficient (Wildman–Crippen LogP) is 2.30. The van der Waals surface area contributed by atoms with Crippen LogP contribution in [0.5, 0.6) is 0 Å². The Morgan fingerprint density at radius 2 is 2.18 bits per heavy atom. The number of hydrogen-bond acceptors (Lipinski definition) is 2. The molecule has 112 valence electrons. The van der Waals surface area contributed by atoms with Crippen molar-refractivity contribution in [1.29, 1.82) is 0 Å². The number of rotatable bonds is 3. The van der Waals surface area contributed by atoms with Gasteiger partial charge in [0.25, 0.3) is 0 Å². The van der Waals surface area contributed by atoms with Crippen LogP contribution in [0.2, 0.25) is 0 Å². The first-order valence-corrected chi connectivity index (χ1v) is 7.54. The molecule has 22 heavy (non-hydrogen) atoms. The highest BCUT2D eigenvalue weighted by Gasteiger charge is 2.32. The van der Waals surface area contributed by atoms with Crippen LogP contribution in [-0.4, -0.2) is 38.4 Å². The summed E-state index contributed by atoms with van der Waals surface area (Å²) in [4.78, 5) is 21.8. The molecule has 5 nitrogen and oxygen atoms in total. The molecule has 0 bridgehead atoms. The first-order valence-electron chi connectivity index (χ1n) is 7.54. The Kier molecular flexibility index (Phi) is 2.99. The molecule has 0 saturated carbocycles. The number of para-hydroxylation sites is 1. The molecule has 3 heterocycles.